The Morgan fingerprint density at radius 2 is 0.630 bits per heavy atom. The lowest BCUT2D eigenvalue weighted by molar-refractivity contribution is -0.883. The van der Waals surface area contributed by atoms with Gasteiger partial charge in [-0.05, 0) is 0 Å². The van der Waals surface area contributed by atoms with Crippen LogP contribution in [0.1, 0.15) is 6.42 Å². The van der Waals surface area contributed by atoms with Crippen molar-refractivity contribution in [3.8, 4) is 0 Å². The summed E-state index contributed by atoms with van der Waals surface area (Å²) in [7, 11) is 1.23. The van der Waals surface area contributed by atoms with Crippen LogP contribution in [0.5, 0.6) is 0 Å². The standard InChI is InChI=1S/C21H13F30NO2/c1-52(2,5-7(53)54)4-3-6(22)8(23,24)9(25,26)10(27,28)11(29,30)12(31,32)13(33,34)14(35,36)15(37,38)16(39,40)17(41,42)18(43,44)19(45,46)20(47,48)21(49,50)51/h6H,3-5H2,1-2H3/p+1. The number of likely N-dealkylation sites (N-methyl/N-ethyl adjacent to an activating group) is 1. The Hall–Kier alpha value is -2.67. The molecule has 1 N–H and O–H groups in total. The molecule has 54 heavy (non-hydrogen) atoms. The maximum atomic E-state index is 14.0. The second-order valence-electron chi connectivity index (χ2n) is 11.5. The van der Waals surface area contributed by atoms with Crippen LogP contribution in [0, 0.1) is 0 Å². The lowest BCUT2D eigenvalue weighted by Gasteiger charge is -2.46. The van der Waals surface area contributed by atoms with E-state index in [0.717, 1.165) is 0 Å². The molecule has 0 bridgehead atoms. The minimum Gasteiger partial charge on any atom is -0.477 e. The number of hydrogen-bond acceptors (Lipinski definition) is 1. The minimum absolute atomic E-state index is 0.613. The summed E-state index contributed by atoms with van der Waals surface area (Å²) in [5.74, 6) is -125. The zero-order chi connectivity index (χ0) is 44.8. The average molecular weight is 882 g/mol. The third-order valence-electron chi connectivity index (χ3n) is 7.06. The first-order valence-electron chi connectivity index (χ1n) is 12.5. The highest BCUT2D eigenvalue weighted by Gasteiger charge is 3.01. The summed E-state index contributed by atoms with van der Waals surface area (Å²) in [6, 6.07) is 0. The Balaban J connectivity index is 7.40. The molecule has 0 saturated heterocycles. The second-order valence-corrected chi connectivity index (χ2v) is 11.5. The molecule has 0 amide bonds. The highest BCUT2D eigenvalue weighted by Crippen LogP contribution is 2.69. The molecule has 0 aliphatic rings. The van der Waals surface area contributed by atoms with Gasteiger partial charge in [0.1, 0.15) is 0 Å². The summed E-state index contributed by atoms with van der Waals surface area (Å²) in [6.45, 7) is -2.83. The number of carboxylic acid groups (broad SMARTS) is 1. The molecule has 33 heteroatoms. The van der Waals surface area contributed by atoms with E-state index in [-0.39, 0.29) is 0 Å². The van der Waals surface area contributed by atoms with Crippen LogP contribution in [0.15, 0.2) is 0 Å². The molecule has 0 heterocycles. The summed E-state index contributed by atoms with van der Waals surface area (Å²) in [5, 5.41) is 8.56. The van der Waals surface area contributed by atoms with Crippen LogP contribution in [0.25, 0.3) is 0 Å². The van der Waals surface area contributed by atoms with Gasteiger partial charge < -0.3 is 9.59 Å². The van der Waals surface area contributed by atoms with Gasteiger partial charge in [-0.3, -0.25) is 0 Å². The fourth-order valence-corrected chi connectivity index (χ4v) is 3.65. The van der Waals surface area contributed by atoms with Crippen molar-refractivity contribution in [3.05, 3.63) is 0 Å². The van der Waals surface area contributed by atoms with E-state index in [1.807, 2.05) is 0 Å². The lowest BCUT2D eigenvalue weighted by atomic mass is 9.83. The Labute approximate surface area is 276 Å². The second kappa shape index (κ2) is 13.2. The van der Waals surface area contributed by atoms with Crippen molar-refractivity contribution in [1.29, 1.82) is 0 Å². The highest BCUT2D eigenvalue weighted by molar-refractivity contribution is 5.67. The molecule has 0 aliphatic heterocycles. The van der Waals surface area contributed by atoms with Gasteiger partial charge in [0.15, 0.2) is 12.7 Å². The van der Waals surface area contributed by atoms with E-state index >= 15 is 0 Å². The summed E-state index contributed by atoms with van der Waals surface area (Å²) in [4.78, 5) is 10.6. The molecule has 0 saturated carbocycles. The van der Waals surface area contributed by atoms with Gasteiger partial charge in [0, 0.05) is 6.42 Å². The molecule has 0 radical (unpaired) electrons. The molecule has 1 atom stereocenters. The van der Waals surface area contributed by atoms with Gasteiger partial charge >= 0.3 is 89.1 Å². The maximum absolute atomic E-state index is 14.0. The summed E-state index contributed by atoms with van der Waals surface area (Å²) < 4.78 is 406. The Morgan fingerprint density at radius 3 is 0.833 bits per heavy atom. The van der Waals surface area contributed by atoms with E-state index in [9.17, 15) is 137 Å². The third-order valence-corrected chi connectivity index (χ3v) is 7.06. The molecule has 0 aliphatic carbocycles. The molecule has 0 aromatic carbocycles. The van der Waals surface area contributed by atoms with Crippen molar-refractivity contribution in [2.75, 3.05) is 27.2 Å². The topological polar surface area (TPSA) is 37.3 Å². The van der Waals surface area contributed by atoms with Gasteiger partial charge in [0.05, 0.1) is 20.6 Å². The fourth-order valence-electron chi connectivity index (χ4n) is 3.65. The van der Waals surface area contributed by atoms with E-state index in [4.69, 9.17) is 5.11 Å². The third kappa shape index (κ3) is 6.68. The predicted molar refractivity (Wildman–Crippen MR) is 109 cm³/mol. The normalized spacial score (nSPS) is 17.2. The van der Waals surface area contributed by atoms with Crippen molar-refractivity contribution >= 4 is 5.97 Å². The largest absolute Gasteiger partial charge is 0.477 e. The van der Waals surface area contributed by atoms with Crippen LogP contribution >= 0.6 is 0 Å². The summed E-state index contributed by atoms with van der Waals surface area (Å²) >= 11 is 0. The fraction of sp³-hybridized carbons (Fsp3) is 0.952. The van der Waals surface area contributed by atoms with Gasteiger partial charge in [-0.1, -0.05) is 0 Å². The van der Waals surface area contributed by atoms with Crippen LogP contribution in [-0.2, 0) is 4.79 Å². The van der Waals surface area contributed by atoms with Crippen LogP contribution in [-0.4, -0.2) is 132 Å². The molecular formula is C21H14F30NO2+. The number of halogens is 30. The van der Waals surface area contributed by atoms with Crippen molar-refractivity contribution < 1.29 is 146 Å². The smallest absolute Gasteiger partial charge is 0.460 e. The van der Waals surface area contributed by atoms with E-state index in [0.29, 0.717) is 14.1 Å². The van der Waals surface area contributed by atoms with Crippen LogP contribution in [0.2, 0.25) is 0 Å². The van der Waals surface area contributed by atoms with Gasteiger partial charge in [-0.25, -0.2) is 9.18 Å². The van der Waals surface area contributed by atoms with E-state index in [2.05, 4.69) is 0 Å². The molecule has 0 aromatic rings. The van der Waals surface area contributed by atoms with E-state index < -0.39 is 119 Å². The predicted octanol–water partition coefficient (Wildman–Crippen LogP) is 9.70. The van der Waals surface area contributed by atoms with E-state index in [1.54, 1.807) is 0 Å². The number of alkyl halides is 30. The Morgan fingerprint density at radius 1 is 0.426 bits per heavy atom. The van der Waals surface area contributed by atoms with Gasteiger partial charge in [0.25, 0.3) is 0 Å². The van der Waals surface area contributed by atoms with E-state index in [1.165, 1.54) is 0 Å². The number of carboxylic acids is 1. The lowest BCUT2D eigenvalue weighted by Crippen LogP contribution is -2.79. The first-order chi connectivity index (χ1) is 22.8. The van der Waals surface area contributed by atoms with Crippen molar-refractivity contribution in [2.24, 2.45) is 0 Å². The van der Waals surface area contributed by atoms with Crippen LogP contribution in [0.4, 0.5) is 132 Å². The average Bonchev–Trinajstić information content (AvgIpc) is 2.93. The molecule has 1 unspecified atom stereocenters. The quantitative estimate of drug-likeness (QED) is 0.110. The van der Waals surface area contributed by atoms with Crippen LogP contribution in [0.3, 0.4) is 0 Å². The van der Waals surface area contributed by atoms with Crippen molar-refractivity contribution in [1.82, 2.24) is 0 Å². The van der Waals surface area contributed by atoms with Crippen LogP contribution < -0.4 is 0 Å². The Bertz CT molecular complexity index is 1360. The Kier molecular flexibility index (Phi) is 12.5. The molecule has 3 nitrogen and oxygen atoms in total. The van der Waals surface area contributed by atoms with Crippen molar-refractivity contribution in [2.45, 2.75) is 95.8 Å². The minimum atomic E-state index is -10.0. The first kappa shape index (κ1) is 51.3. The van der Waals surface area contributed by atoms with Gasteiger partial charge in [-0.15, -0.1) is 0 Å². The zero-order valence-corrected chi connectivity index (χ0v) is 24.8. The molecular weight excluding hydrogens is 868 g/mol. The van der Waals surface area contributed by atoms with Crippen molar-refractivity contribution in [3.63, 3.8) is 0 Å². The number of aliphatic carboxylic acids is 1. The molecule has 0 spiro atoms. The number of quaternary nitrogens is 1. The molecule has 0 fully saturated rings. The highest BCUT2D eigenvalue weighted by atomic mass is 19.4. The zero-order valence-electron chi connectivity index (χ0n) is 24.8. The number of hydrogen-bond donors (Lipinski definition) is 1. The molecule has 0 rings (SSSR count). The first-order valence-corrected chi connectivity index (χ1v) is 12.5. The maximum Gasteiger partial charge on any atom is 0.460 e. The number of nitrogens with zero attached hydrogens (tertiary/aromatic N) is 1. The molecule has 0 aromatic heterocycles. The van der Waals surface area contributed by atoms with Gasteiger partial charge in [-0.2, -0.15) is 127 Å². The number of rotatable bonds is 18. The number of carbonyl (C=O) groups is 1. The summed E-state index contributed by atoms with van der Waals surface area (Å²) in [6.07, 6.45) is -15.9. The molecule has 324 valence electrons. The van der Waals surface area contributed by atoms with Gasteiger partial charge in [0.2, 0.25) is 0 Å². The monoisotopic (exact) mass is 882 g/mol. The SMILES string of the molecule is C[N+](C)(CCC(F)C(F)(F)C(F)(F)C(F)(F)C(F)(F)C(F)(F)C(F)(F)C(F)(F)C(F)(F)C(F)(F)C(F)(F)C(F)(F)C(F)(F)C(F)(F)C(F)(F)F)CC(=O)O. The summed E-state index contributed by atoms with van der Waals surface area (Å²) in [5.41, 5.74) is 0.